The maximum Gasteiger partial charge on any atom is 0.251 e. The van der Waals surface area contributed by atoms with E-state index in [9.17, 15) is 8.42 Å². The summed E-state index contributed by atoms with van der Waals surface area (Å²) in [6, 6.07) is 14.0. The van der Waals surface area contributed by atoms with Crippen LogP contribution in [-0.2, 0) is 23.0 Å². The summed E-state index contributed by atoms with van der Waals surface area (Å²) in [6.45, 7) is 10.5. The number of hydrogen-bond donors (Lipinski definition) is 1. The molecule has 0 atom stereocenters. The Bertz CT molecular complexity index is 1380. The van der Waals surface area contributed by atoms with E-state index in [1.165, 1.54) is 11.3 Å². The van der Waals surface area contributed by atoms with Crippen molar-refractivity contribution >= 4 is 32.5 Å². The standard InChI is InChI=1S/C25H30N4O2S2/c1-17(2)12-20-14-21(24(32-20)33(30,31)28-25(3,4)5)19-9-6-8-18(13-19)15-29-16-27-23-22(29)10-7-11-26-23/h6-11,13-14,16-17,28H,12,15H2,1-5H3. The maximum absolute atomic E-state index is 13.3. The van der Waals surface area contributed by atoms with Gasteiger partial charge in [0, 0.05) is 28.7 Å². The van der Waals surface area contributed by atoms with E-state index in [-0.39, 0.29) is 0 Å². The average Bonchev–Trinajstić information content (AvgIpc) is 3.31. The van der Waals surface area contributed by atoms with Crippen LogP contribution in [0.1, 0.15) is 45.1 Å². The van der Waals surface area contributed by atoms with Gasteiger partial charge >= 0.3 is 0 Å². The number of aromatic nitrogens is 3. The van der Waals surface area contributed by atoms with E-state index in [1.54, 1.807) is 12.5 Å². The van der Waals surface area contributed by atoms with Crippen LogP contribution in [0.15, 0.2) is 59.2 Å². The van der Waals surface area contributed by atoms with Gasteiger partial charge in [0.15, 0.2) is 5.65 Å². The predicted molar refractivity (Wildman–Crippen MR) is 135 cm³/mol. The van der Waals surface area contributed by atoms with E-state index in [0.29, 0.717) is 22.3 Å². The summed E-state index contributed by atoms with van der Waals surface area (Å²) in [7, 11) is -3.66. The van der Waals surface area contributed by atoms with Gasteiger partial charge in [-0.2, -0.15) is 0 Å². The molecule has 0 saturated heterocycles. The van der Waals surface area contributed by atoms with Crippen molar-refractivity contribution in [2.24, 2.45) is 5.92 Å². The summed E-state index contributed by atoms with van der Waals surface area (Å²) in [4.78, 5) is 9.75. The maximum atomic E-state index is 13.3. The average molecular weight is 483 g/mol. The Balaban J connectivity index is 1.74. The van der Waals surface area contributed by atoms with E-state index < -0.39 is 15.6 Å². The Morgan fingerprint density at radius 1 is 1.09 bits per heavy atom. The third-order valence-corrected chi connectivity index (χ3v) is 8.48. The van der Waals surface area contributed by atoms with Gasteiger partial charge in [0.1, 0.15) is 4.21 Å². The Kier molecular flexibility index (Phi) is 6.44. The summed E-state index contributed by atoms with van der Waals surface area (Å²) in [5.74, 6) is 0.442. The van der Waals surface area contributed by atoms with Crippen LogP contribution < -0.4 is 4.72 Å². The number of benzene rings is 1. The molecule has 0 bridgehead atoms. The molecule has 174 valence electrons. The molecule has 0 spiro atoms. The zero-order valence-electron chi connectivity index (χ0n) is 19.7. The highest BCUT2D eigenvalue weighted by atomic mass is 32.2. The smallest absolute Gasteiger partial charge is 0.251 e. The topological polar surface area (TPSA) is 76.9 Å². The first-order chi connectivity index (χ1) is 15.5. The van der Waals surface area contributed by atoms with Gasteiger partial charge < -0.3 is 4.57 Å². The van der Waals surface area contributed by atoms with Crippen molar-refractivity contribution in [3.05, 3.63) is 65.4 Å². The van der Waals surface area contributed by atoms with Gasteiger partial charge in [-0.1, -0.05) is 32.0 Å². The largest absolute Gasteiger partial charge is 0.325 e. The second kappa shape index (κ2) is 9.00. The van der Waals surface area contributed by atoms with Gasteiger partial charge in [-0.3, -0.25) is 0 Å². The van der Waals surface area contributed by atoms with Crippen molar-refractivity contribution < 1.29 is 8.42 Å². The lowest BCUT2D eigenvalue weighted by Crippen LogP contribution is -2.40. The summed E-state index contributed by atoms with van der Waals surface area (Å²) < 4.78 is 31.9. The molecule has 33 heavy (non-hydrogen) atoms. The lowest BCUT2D eigenvalue weighted by Gasteiger charge is -2.20. The van der Waals surface area contributed by atoms with Crippen LogP contribution in [0.3, 0.4) is 0 Å². The number of nitrogens with zero attached hydrogens (tertiary/aromatic N) is 3. The highest BCUT2D eigenvalue weighted by Gasteiger charge is 2.28. The fourth-order valence-corrected chi connectivity index (χ4v) is 7.20. The van der Waals surface area contributed by atoms with Gasteiger partial charge in [-0.05, 0) is 68.5 Å². The number of rotatable bonds is 7. The number of hydrogen-bond acceptors (Lipinski definition) is 5. The molecule has 0 aliphatic carbocycles. The van der Waals surface area contributed by atoms with E-state index in [1.807, 2.05) is 51.1 Å². The molecule has 1 N–H and O–H groups in total. The molecule has 0 radical (unpaired) electrons. The first-order valence-corrected chi connectivity index (χ1v) is 13.3. The number of nitrogens with one attached hydrogen (secondary N) is 1. The molecule has 8 heteroatoms. The summed E-state index contributed by atoms with van der Waals surface area (Å²) in [5.41, 5.74) is 3.85. The quantitative estimate of drug-likeness (QED) is 0.378. The number of fused-ring (bicyclic) bond motifs is 1. The summed E-state index contributed by atoms with van der Waals surface area (Å²) >= 11 is 1.37. The van der Waals surface area contributed by atoms with E-state index in [4.69, 9.17) is 0 Å². The number of thiophene rings is 1. The molecule has 4 aromatic rings. The van der Waals surface area contributed by atoms with Gasteiger partial charge in [0.2, 0.25) is 0 Å². The zero-order valence-corrected chi connectivity index (χ0v) is 21.3. The van der Waals surface area contributed by atoms with E-state index in [0.717, 1.165) is 33.5 Å². The molecule has 6 nitrogen and oxygen atoms in total. The molecule has 3 aromatic heterocycles. The predicted octanol–water partition coefficient (Wildman–Crippen LogP) is 5.48. The molecule has 4 rings (SSSR count). The minimum Gasteiger partial charge on any atom is -0.325 e. The second-order valence-electron chi connectivity index (χ2n) is 9.79. The van der Waals surface area contributed by atoms with Crippen molar-refractivity contribution in [1.29, 1.82) is 0 Å². The minimum absolute atomic E-state index is 0.377. The molecule has 0 aliphatic heterocycles. The van der Waals surface area contributed by atoms with Gasteiger partial charge in [0.25, 0.3) is 10.0 Å². The molecule has 1 aromatic carbocycles. The SMILES string of the molecule is CC(C)Cc1cc(-c2cccc(Cn3cnc4ncccc43)c2)c(S(=O)(=O)NC(C)(C)C)s1. The molecule has 0 fully saturated rings. The van der Waals surface area contributed by atoms with Crippen LogP contribution in [0.4, 0.5) is 0 Å². The van der Waals surface area contributed by atoms with Crippen LogP contribution in [-0.4, -0.2) is 28.5 Å². The lowest BCUT2D eigenvalue weighted by molar-refractivity contribution is 0.493. The molecular formula is C25H30N4O2S2. The van der Waals surface area contributed by atoms with Crippen LogP contribution in [0.2, 0.25) is 0 Å². The van der Waals surface area contributed by atoms with E-state index in [2.05, 4.69) is 45.2 Å². The number of sulfonamides is 1. The zero-order chi connectivity index (χ0) is 23.8. The van der Waals surface area contributed by atoms with Crippen molar-refractivity contribution in [3.8, 4) is 11.1 Å². The van der Waals surface area contributed by atoms with Crippen molar-refractivity contribution in [1.82, 2.24) is 19.3 Å². The monoisotopic (exact) mass is 482 g/mol. The highest BCUT2D eigenvalue weighted by molar-refractivity contribution is 7.91. The normalized spacial score (nSPS) is 12.7. The van der Waals surface area contributed by atoms with Crippen LogP contribution in [0.25, 0.3) is 22.3 Å². The van der Waals surface area contributed by atoms with Gasteiger partial charge in [-0.15, -0.1) is 11.3 Å². The lowest BCUT2D eigenvalue weighted by atomic mass is 10.0. The van der Waals surface area contributed by atoms with Crippen LogP contribution >= 0.6 is 11.3 Å². The highest BCUT2D eigenvalue weighted by Crippen LogP contribution is 2.37. The molecule has 0 aliphatic rings. The molecule has 0 saturated carbocycles. The third kappa shape index (κ3) is 5.51. The Morgan fingerprint density at radius 3 is 2.61 bits per heavy atom. The fraction of sp³-hybridized carbons (Fsp3) is 0.360. The minimum atomic E-state index is -3.66. The second-order valence-corrected chi connectivity index (χ2v) is 12.8. The first-order valence-electron chi connectivity index (χ1n) is 11.0. The number of pyridine rings is 1. The summed E-state index contributed by atoms with van der Waals surface area (Å²) in [6.07, 6.45) is 4.37. The van der Waals surface area contributed by atoms with Crippen molar-refractivity contribution in [2.75, 3.05) is 0 Å². The first kappa shape index (κ1) is 23.6. The Labute approximate surface area is 199 Å². The molecule has 0 unspecified atom stereocenters. The third-order valence-electron chi connectivity index (χ3n) is 5.03. The molecular weight excluding hydrogens is 452 g/mol. The Morgan fingerprint density at radius 2 is 1.88 bits per heavy atom. The van der Waals surface area contributed by atoms with Crippen LogP contribution in [0.5, 0.6) is 0 Å². The van der Waals surface area contributed by atoms with Crippen LogP contribution in [0, 0.1) is 5.92 Å². The van der Waals surface area contributed by atoms with Gasteiger partial charge in [0.05, 0.1) is 11.8 Å². The van der Waals surface area contributed by atoms with Crippen molar-refractivity contribution in [3.63, 3.8) is 0 Å². The Hall–Kier alpha value is -2.55. The number of imidazole rings is 1. The van der Waals surface area contributed by atoms with Crippen molar-refractivity contribution in [2.45, 2.75) is 57.3 Å². The molecule has 3 heterocycles. The molecule has 0 amide bonds. The van der Waals surface area contributed by atoms with E-state index >= 15 is 0 Å². The van der Waals surface area contributed by atoms with Gasteiger partial charge in [-0.25, -0.2) is 23.1 Å². The summed E-state index contributed by atoms with van der Waals surface area (Å²) in [5, 5.41) is 0. The fourth-order valence-electron chi connectivity index (χ4n) is 3.84.